The van der Waals surface area contributed by atoms with E-state index in [9.17, 15) is 9.59 Å². The molecule has 0 spiro atoms. The van der Waals surface area contributed by atoms with E-state index in [1.54, 1.807) is 17.1 Å². The standard InChI is InChI=1S/C26H29N5O3/c27-22-12-10-20(11-13-22)17-28-26(33)29-18-25(32)31-15-5-14-30(31)23-8-4-9-24(16-23)34-19-21-6-2-1-3-7-21/h1-4,6-13,16H,5,14-15,17-19,27H2,(H2,28,29,33). The molecule has 4 rings (SSSR count). The Balaban J connectivity index is 1.28. The molecule has 0 unspecified atom stereocenters. The highest BCUT2D eigenvalue weighted by Crippen LogP contribution is 2.26. The van der Waals surface area contributed by atoms with Crippen molar-refractivity contribution in [2.45, 2.75) is 19.6 Å². The van der Waals surface area contributed by atoms with Crippen LogP contribution >= 0.6 is 0 Å². The second-order valence-electron chi connectivity index (χ2n) is 8.04. The summed E-state index contributed by atoms with van der Waals surface area (Å²) in [6, 6.07) is 24.5. The number of carbonyl (C=O) groups excluding carboxylic acids is 2. The van der Waals surface area contributed by atoms with Crippen LogP contribution in [-0.2, 0) is 17.9 Å². The van der Waals surface area contributed by atoms with Crippen molar-refractivity contribution in [2.75, 3.05) is 30.4 Å². The Labute approximate surface area is 199 Å². The number of benzene rings is 3. The van der Waals surface area contributed by atoms with Crippen LogP contribution in [0, 0.1) is 0 Å². The van der Waals surface area contributed by atoms with Crippen LogP contribution in [0.15, 0.2) is 78.9 Å². The van der Waals surface area contributed by atoms with Crippen LogP contribution in [0.2, 0.25) is 0 Å². The van der Waals surface area contributed by atoms with Gasteiger partial charge in [-0.1, -0.05) is 48.5 Å². The van der Waals surface area contributed by atoms with Crippen LogP contribution < -0.4 is 26.1 Å². The molecule has 1 aliphatic rings. The zero-order valence-electron chi connectivity index (χ0n) is 18.9. The van der Waals surface area contributed by atoms with Gasteiger partial charge in [-0.05, 0) is 41.8 Å². The number of nitrogen functional groups attached to an aromatic ring is 1. The van der Waals surface area contributed by atoms with E-state index in [4.69, 9.17) is 10.5 Å². The number of nitrogens with two attached hydrogens (primary N) is 1. The summed E-state index contributed by atoms with van der Waals surface area (Å²) in [6.07, 6.45) is 0.851. The Morgan fingerprint density at radius 1 is 0.882 bits per heavy atom. The summed E-state index contributed by atoms with van der Waals surface area (Å²) in [4.78, 5) is 25.0. The molecular weight excluding hydrogens is 430 g/mol. The number of urea groups is 1. The van der Waals surface area contributed by atoms with Gasteiger partial charge in [-0.2, -0.15) is 0 Å². The molecule has 0 saturated carbocycles. The maximum absolute atomic E-state index is 12.8. The molecule has 8 heteroatoms. The second-order valence-corrected chi connectivity index (χ2v) is 8.04. The van der Waals surface area contributed by atoms with Gasteiger partial charge in [0.15, 0.2) is 0 Å². The van der Waals surface area contributed by atoms with Gasteiger partial charge in [0.1, 0.15) is 18.9 Å². The summed E-state index contributed by atoms with van der Waals surface area (Å²) in [5.41, 5.74) is 9.23. The Bertz CT molecular complexity index is 1100. The first-order valence-corrected chi connectivity index (χ1v) is 11.3. The summed E-state index contributed by atoms with van der Waals surface area (Å²) < 4.78 is 5.93. The van der Waals surface area contributed by atoms with Crippen LogP contribution in [0.1, 0.15) is 17.5 Å². The lowest BCUT2D eigenvalue weighted by atomic mass is 10.2. The fourth-order valence-corrected chi connectivity index (χ4v) is 3.74. The van der Waals surface area contributed by atoms with E-state index in [0.29, 0.717) is 25.4 Å². The molecule has 1 saturated heterocycles. The van der Waals surface area contributed by atoms with Crippen molar-refractivity contribution in [3.8, 4) is 5.75 Å². The molecule has 1 fully saturated rings. The van der Waals surface area contributed by atoms with Crippen molar-refractivity contribution in [1.82, 2.24) is 15.6 Å². The first-order chi connectivity index (χ1) is 16.6. The Hall–Kier alpha value is -4.20. The first kappa shape index (κ1) is 23.0. The van der Waals surface area contributed by atoms with Gasteiger partial charge in [-0.15, -0.1) is 0 Å². The lowest BCUT2D eigenvalue weighted by Crippen LogP contribution is -2.48. The predicted octanol–water partition coefficient (Wildman–Crippen LogP) is 3.30. The van der Waals surface area contributed by atoms with Gasteiger partial charge in [-0.25, -0.2) is 4.79 Å². The predicted molar refractivity (Wildman–Crippen MR) is 132 cm³/mol. The number of hydrogen-bond donors (Lipinski definition) is 3. The molecule has 4 N–H and O–H groups in total. The number of anilines is 2. The Kier molecular flexibility index (Phi) is 7.49. The summed E-state index contributed by atoms with van der Waals surface area (Å²) >= 11 is 0. The largest absolute Gasteiger partial charge is 0.489 e. The van der Waals surface area contributed by atoms with Crippen molar-refractivity contribution < 1.29 is 14.3 Å². The number of nitrogens with one attached hydrogen (secondary N) is 2. The summed E-state index contributed by atoms with van der Waals surface area (Å²) in [5, 5.41) is 9.01. The average Bonchev–Trinajstić information content (AvgIpc) is 3.37. The van der Waals surface area contributed by atoms with Crippen LogP contribution in [0.4, 0.5) is 16.2 Å². The van der Waals surface area contributed by atoms with Crippen LogP contribution in [0.5, 0.6) is 5.75 Å². The maximum atomic E-state index is 12.8. The number of hydrogen-bond acceptors (Lipinski definition) is 5. The van der Waals surface area contributed by atoms with Gasteiger partial charge in [-0.3, -0.25) is 14.8 Å². The van der Waals surface area contributed by atoms with Crippen LogP contribution in [-0.4, -0.2) is 36.6 Å². The number of nitrogens with zero attached hydrogens (tertiary/aromatic N) is 2. The second kappa shape index (κ2) is 11.1. The molecule has 176 valence electrons. The van der Waals surface area contributed by atoms with Gasteiger partial charge in [0.2, 0.25) is 0 Å². The van der Waals surface area contributed by atoms with E-state index in [1.165, 1.54) is 0 Å². The summed E-state index contributed by atoms with van der Waals surface area (Å²) in [5.74, 6) is 0.566. The molecule has 34 heavy (non-hydrogen) atoms. The minimum atomic E-state index is -0.396. The molecule has 3 aromatic carbocycles. The van der Waals surface area contributed by atoms with E-state index >= 15 is 0 Å². The summed E-state index contributed by atoms with van der Waals surface area (Å²) in [6.45, 7) is 2.06. The van der Waals surface area contributed by atoms with Crippen molar-refractivity contribution in [3.63, 3.8) is 0 Å². The van der Waals surface area contributed by atoms with Crippen molar-refractivity contribution >= 4 is 23.3 Å². The van der Waals surface area contributed by atoms with Gasteiger partial charge in [0, 0.05) is 31.4 Å². The smallest absolute Gasteiger partial charge is 0.315 e. The number of ether oxygens (including phenoxy) is 1. The van der Waals surface area contributed by atoms with E-state index in [1.807, 2.05) is 71.7 Å². The number of rotatable bonds is 8. The normalized spacial score (nSPS) is 12.9. The van der Waals surface area contributed by atoms with Gasteiger partial charge >= 0.3 is 6.03 Å². The fraction of sp³-hybridized carbons (Fsp3) is 0.231. The average molecular weight is 460 g/mol. The van der Waals surface area contributed by atoms with E-state index in [2.05, 4.69) is 10.6 Å². The lowest BCUT2D eigenvalue weighted by Gasteiger charge is -2.30. The zero-order valence-corrected chi connectivity index (χ0v) is 18.9. The van der Waals surface area contributed by atoms with E-state index in [0.717, 1.165) is 35.5 Å². The number of carbonyl (C=O) groups is 2. The monoisotopic (exact) mass is 459 g/mol. The third kappa shape index (κ3) is 6.19. The van der Waals surface area contributed by atoms with Gasteiger partial charge < -0.3 is 21.1 Å². The molecule has 1 heterocycles. The third-order valence-corrected chi connectivity index (χ3v) is 5.52. The Morgan fingerprint density at radius 2 is 1.68 bits per heavy atom. The minimum Gasteiger partial charge on any atom is -0.489 e. The number of hydrazine groups is 1. The zero-order chi connectivity index (χ0) is 23.8. The van der Waals surface area contributed by atoms with Crippen LogP contribution in [0.25, 0.3) is 0 Å². The molecule has 0 bridgehead atoms. The first-order valence-electron chi connectivity index (χ1n) is 11.3. The van der Waals surface area contributed by atoms with Crippen molar-refractivity contribution in [2.24, 2.45) is 0 Å². The minimum absolute atomic E-state index is 0.0890. The summed E-state index contributed by atoms with van der Waals surface area (Å²) in [7, 11) is 0. The molecule has 0 atom stereocenters. The highest BCUT2D eigenvalue weighted by Gasteiger charge is 2.27. The molecule has 3 aromatic rings. The van der Waals surface area contributed by atoms with E-state index < -0.39 is 6.03 Å². The maximum Gasteiger partial charge on any atom is 0.315 e. The highest BCUT2D eigenvalue weighted by molar-refractivity contribution is 5.85. The molecule has 0 radical (unpaired) electrons. The lowest BCUT2D eigenvalue weighted by molar-refractivity contribution is -0.129. The SMILES string of the molecule is Nc1ccc(CNC(=O)NCC(=O)N2CCCN2c2cccc(OCc3ccccc3)c2)cc1. The van der Waals surface area contributed by atoms with Crippen LogP contribution in [0.3, 0.4) is 0 Å². The topological polar surface area (TPSA) is 99.9 Å². The van der Waals surface area contributed by atoms with Crippen molar-refractivity contribution in [3.05, 3.63) is 90.0 Å². The van der Waals surface area contributed by atoms with Crippen molar-refractivity contribution in [1.29, 1.82) is 0 Å². The van der Waals surface area contributed by atoms with Gasteiger partial charge in [0.05, 0.1) is 5.69 Å². The quantitative estimate of drug-likeness (QED) is 0.449. The molecule has 0 aromatic heterocycles. The molecular formula is C26H29N5O3. The fourth-order valence-electron chi connectivity index (χ4n) is 3.74. The Morgan fingerprint density at radius 3 is 2.47 bits per heavy atom. The molecule has 8 nitrogen and oxygen atoms in total. The highest BCUT2D eigenvalue weighted by atomic mass is 16.5. The molecule has 0 aliphatic carbocycles. The van der Waals surface area contributed by atoms with Gasteiger partial charge in [0.25, 0.3) is 5.91 Å². The molecule has 1 aliphatic heterocycles. The van der Waals surface area contributed by atoms with E-state index in [-0.39, 0.29) is 12.5 Å². The number of amides is 3. The third-order valence-electron chi connectivity index (χ3n) is 5.52. The molecule has 3 amide bonds.